The number of methoxy groups -OCH3 is 2. The summed E-state index contributed by atoms with van der Waals surface area (Å²) >= 11 is 0. The molecule has 0 spiro atoms. The third kappa shape index (κ3) is 4.91. The summed E-state index contributed by atoms with van der Waals surface area (Å²) in [6.07, 6.45) is 0.259. The molecule has 2 rings (SSSR count). The number of para-hydroxylation sites is 1. The van der Waals surface area contributed by atoms with Gasteiger partial charge in [0.2, 0.25) is 5.91 Å². The van der Waals surface area contributed by atoms with Crippen LogP contribution in [0.2, 0.25) is 0 Å². The van der Waals surface area contributed by atoms with E-state index < -0.39 is 0 Å². The Hall–Kier alpha value is -2.69. The van der Waals surface area contributed by atoms with Crippen molar-refractivity contribution < 1.29 is 14.3 Å². The first-order valence-corrected chi connectivity index (χ1v) is 7.88. The molecule has 5 heteroatoms. The Bertz CT molecular complexity index is 659. The molecule has 0 saturated carbocycles. The van der Waals surface area contributed by atoms with Crippen LogP contribution in [0.3, 0.4) is 0 Å². The Morgan fingerprint density at radius 3 is 2.50 bits per heavy atom. The second-order valence-corrected chi connectivity index (χ2v) is 5.46. The van der Waals surface area contributed by atoms with Gasteiger partial charge in [0.25, 0.3) is 0 Å². The molecular weight excluding hydrogens is 304 g/mol. The van der Waals surface area contributed by atoms with Crippen LogP contribution >= 0.6 is 0 Å². The largest absolute Gasteiger partial charge is 0.497 e. The van der Waals surface area contributed by atoms with Crippen LogP contribution in [0.4, 0.5) is 5.69 Å². The number of carbonyl (C=O) groups excluding carboxylic acids is 1. The van der Waals surface area contributed by atoms with E-state index in [0.717, 1.165) is 17.8 Å². The van der Waals surface area contributed by atoms with Gasteiger partial charge in [0.05, 0.1) is 20.6 Å². The van der Waals surface area contributed by atoms with E-state index in [0.29, 0.717) is 18.0 Å². The number of likely N-dealkylation sites (N-methyl/N-ethyl adjacent to an activating group) is 1. The first-order chi connectivity index (χ1) is 11.6. The van der Waals surface area contributed by atoms with Gasteiger partial charge in [-0.3, -0.25) is 4.79 Å². The van der Waals surface area contributed by atoms with Crippen molar-refractivity contribution in [1.82, 2.24) is 5.32 Å². The van der Waals surface area contributed by atoms with E-state index in [2.05, 4.69) is 10.2 Å². The maximum atomic E-state index is 12.2. The third-order valence-corrected chi connectivity index (χ3v) is 3.80. The molecule has 24 heavy (non-hydrogen) atoms. The lowest BCUT2D eigenvalue weighted by molar-refractivity contribution is -0.120. The number of amides is 1. The van der Waals surface area contributed by atoms with Crippen LogP contribution in [0.5, 0.6) is 11.5 Å². The molecule has 128 valence electrons. The summed E-state index contributed by atoms with van der Waals surface area (Å²) in [5.74, 6) is 1.36. The summed E-state index contributed by atoms with van der Waals surface area (Å²) in [7, 11) is 5.20. The maximum absolute atomic E-state index is 12.2. The van der Waals surface area contributed by atoms with Crippen LogP contribution in [0.1, 0.15) is 5.56 Å². The van der Waals surface area contributed by atoms with Gasteiger partial charge in [0.1, 0.15) is 11.5 Å². The molecule has 0 atom stereocenters. The predicted molar refractivity (Wildman–Crippen MR) is 96.0 cm³/mol. The van der Waals surface area contributed by atoms with Gasteiger partial charge in [-0.1, -0.05) is 18.2 Å². The number of hydrogen-bond acceptors (Lipinski definition) is 4. The topological polar surface area (TPSA) is 50.8 Å². The lowest BCUT2D eigenvalue weighted by Gasteiger charge is -2.19. The molecule has 2 aromatic rings. The average Bonchev–Trinajstić information content (AvgIpc) is 2.62. The zero-order valence-electron chi connectivity index (χ0n) is 14.4. The van der Waals surface area contributed by atoms with E-state index in [1.165, 1.54) is 0 Å². The van der Waals surface area contributed by atoms with Crippen molar-refractivity contribution in [3.8, 4) is 11.5 Å². The highest BCUT2D eigenvalue weighted by Gasteiger charge is 2.10. The normalized spacial score (nSPS) is 10.1. The van der Waals surface area contributed by atoms with E-state index in [4.69, 9.17) is 9.47 Å². The summed E-state index contributed by atoms with van der Waals surface area (Å²) in [6.45, 7) is 1.32. The average molecular weight is 328 g/mol. The van der Waals surface area contributed by atoms with Gasteiger partial charge in [0.15, 0.2) is 0 Å². The number of nitrogens with one attached hydrogen (secondary N) is 1. The molecule has 0 bridgehead atoms. The number of rotatable bonds is 8. The van der Waals surface area contributed by atoms with Crippen LogP contribution in [-0.2, 0) is 11.2 Å². The van der Waals surface area contributed by atoms with Crippen LogP contribution in [-0.4, -0.2) is 40.3 Å². The van der Waals surface area contributed by atoms with Crippen molar-refractivity contribution in [3.05, 3.63) is 54.1 Å². The molecule has 0 aliphatic rings. The second-order valence-electron chi connectivity index (χ2n) is 5.46. The zero-order chi connectivity index (χ0) is 17.4. The first-order valence-electron chi connectivity index (χ1n) is 7.88. The Labute approximate surface area is 143 Å². The van der Waals surface area contributed by atoms with Crippen molar-refractivity contribution in [3.63, 3.8) is 0 Å². The molecule has 5 nitrogen and oxygen atoms in total. The fourth-order valence-electron chi connectivity index (χ4n) is 2.43. The van der Waals surface area contributed by atoms with Gasteiger partial charge >= 0.3 is 0 Å². The highest BCUT2D eigenvalue weighted by molar-refractivity contribution is 5.79. The van der Waals surface area contributed by atoms with Crippen LogP contribution < -0.4 is 19.7 Å². The molecule has 0 fully saturated rings. The Morgan fingerprint density at radius 1 is 1.08 bits per heavy atom. The fraction of sp³-hybridized carbons (Fsp3) is 0.316. The van der Waals surface area contributed by atoms with Crippen molar-refractivity contribution in [1.29, 1.82) is 0 Å². The quantitative estimate of drug-likeness (QED) is 0.809. The molecule has 1 N–H and O–H groups in total. The number of ether oxygens (including phenoxy) is 2. The maximum Gasteiger partial charge on any atom is 0.224 e. The summed E-state index contributed by atoms with van der Waals surface area (Å²) in [4.78, 5) is 14.3. The Balaban J connectivity index is 1.85. The number of anilines is 1. The molecule has 2 aromatic carbocycles. The van der Waals surface area contributed by atoms with E-state index in [1.807, 2.05) is 55.6 Å². The number of hydrogen-bond donors (Lipinski definition) is 1. The summed E-state index contributed by atoms with van der Waals surface area (Å²) in [6, 6.07) is 15.5. The zero-order valence-corrected chi connectivity index (χ0v) is 14.4. The van der Waals surface area contributed by atoms with Crippen molar-refractivity contribution in [2.24, 2.45) is 0 Å². The van der Waals surface area contributed by atoms with Gasteiger partial charge in [-0.05, 0) is 30.3 Å². The molecule has 0 aliphatic carbocycles. The standard InChI is InChI=1S/C19H24N2O3/c1-21(16-7-5-4-6-8-16)12-11-20-19(22)14-15-13-17(23-2)9-10-18(15)24-3/h4-10,13H,11-12,14H2,1-3H3,(H,20,22). The molecule has 0 unspecified atom stereocenters. The van der Waals surface area contributed by atoms with E-state index >= 15 is 0 Å². The number of nitrogens with zero attached hydrogens (tertiary/aromatic N) is 1. The SMILES string of the molecule is COc1ccc(OC)c(CC(=O)NCCN(C)c2ccccc2)c1. The van der Waals surface area contributed by atoms with Gasteiger partial charge in [-0.25, -0.2) is 0 Å². The van der Waals surface area contributed by atoms with Crippen molar-refractivity contribution >= 4 is 11.6 Å². The number of benzene rings is 2. The van der Waals surface area contributed by atoms with E-state index in [-0.39, 0.29) is 12.3 Å². The van der Waals surface area contributed by atoms with Gasteiger partial charge in [-0.2, -0.15) is 0 Å². The molecule has 0 aliphatic heterocycles. The lowest BCUT2D eigenvalue weighted by Crippen LogP contribution is -2.33. The van der Waals surface area contributed by atoms with Crippen molar-refractivity contribution in [2.45, 2.75) is 6.42 Å². The smallest absolute Gasteiger partial charge is 0.224 e. The Morgan fingerprint density at radius 2 is 1.83 bits per heavy atom. The fourth-order valence-corrected chi connectivity index (χ4v) is 2.43. The van der Waals surface area contributed by atoms with Crippen LogP contribution in [0.15, 0.2) is 48.5 Å². The van der Waals surface area contributed by atoms with Gasteiger partial charge in [0, 0.05) is 31.4 Å². The highest BCUT2D eigenvalue weighted by Crippen LogP contribution is 2.24. The molecular formula is C19H24N2O3. The first kappa shape index (κ1) is 17.7. The summed E-state index contributed by atoms with van der Waals surface area (Å²) < 4.78 is 10.5. The number of carbonyl (C=O) groups is 1. The van der Waals surface area contributed by atoms with Crippen LogP contribution in [0, 0.1) is 0 Å². The minimum Gasteiger partial charge on any atom is -0.497 e. The molecule has 0 aromatic heterocycles. The molecule has 0 radical (unpaired) electrons. The molecule has 1 amide bonds. The summed E-state index contributed by atoms with van der Waals surface area (Å²) in [5, 5.41) is 2.94. The van der Waals surface area contributed by atoms with E-state index in [1.54, 1.807) is 14.2 Å². The second kappa shape index (κ2) is 8.82. The minimum absolute atomic E-state index is 0.0389. The molecule has 0 saturated heterocycles. The van der Waals surface area contributed by atoms with Gasteiger partial charge < -0.3 is 19.7 Å². The monoisotopic (exact) mass is 328 g/mol. The Kier molecular flexibility index (Phi) is 6.49. The molecule has 0 heterocycles. The highest BCUT2D eigenvalue weighted by atomic mass is 16.5. The third-order valence-electron chi connectivity index (χ3n) is 3.80. The van der Waals surface area contributed by atoms with E-state index in [9.17, 15) is 4.79 Å². The predicted octanol–water partition coefficient (Wildman–Crippen LogP) is 2.50. The van der Waals surface area contributed by atoms with Gasteiger partial charge in [-0.15, -0.1) is 0 Å². The lowest BCUT2D eigenvalue weighted by atomic mass is 10.1. The van der Waals surface area contributed by atoms with Crippen molar-refractivity contribution in [2.75, 3.05) is 39.3 Å². The van der Waals surface area contributed by atoms with Crippen LogP contribution in [0.25, 0.3) is 0 Å². The minimum atomic E-state index is -0.0389. The summed E-state index contributed by atoms with van der Waals surface area (Å²) in [5.41, 5.74) is 1.94.